The van der Waals surface area contributed by atoms with Crippen LogP contribution >= 0.6 is 22.9 Å². The minimum Gasteiger partial charge on any atom is -0.326 e. The molecule has 1 aromatic carbocycles. The Bertz CT molecular complexity index is 476. The van der Waals surface area contributed by atoms with Crippen molar-refractivity contribution in [3.63, 3.8) is 0 Å². The number of benzene rings is 1. The van der Waals surface area contributed by atoms with E-state index >= 15 is 0 Å². The standard InChI is InChI=1S/C12H12ClNS/c1-8-2-4-10(11(13)6-8)12-5-3-9(7-14)15-12/h2-6H,7,14H2,1H3. The van der Waals surface area contributed by atoms with Gasteiger partial charge in [0, 0.05) is 26.9 Å². The minimum atomic E-state index is 0.591. The molecule has 0 fully saturated rings. The highest BCUT2D eigenvalue weighted by Gasteiger charge is 2.06. The maximum atomic E-state index is 6.19. The van der Waals surface area contributed by atoms with Gasteiger partial charge in [-0.15, -0.1) is 11.3 Å². The average Bonchev–Trinajstić information content (AvgIpc) is 2.66. The molecule has 0 aliphatic heterocycles. The predicted molar refractivity (Wildman–Crippen MR) is 67.4 cm³/mol. The average molecular weight is 238 g/mol. The zero-order valence-electron chi connectivity index (χ0n) is 8.46. The Morgan fingerprint density at radius 2 is 2.07 bits per heavy atom. The summed E-state index contributed by atoms with van der Waals surface area (Å²) in [6.45, 7) is 2.63. The minimum absolute atomic E-state index is 0.591. The van der Waals surface area contributed by atoms with Crippen LogP contribution < -0.4 is 5.73 Å². The van der Waals surface area contributed by atoms with Gasteiger partial charge in [0.15, 0.2) is 0 Å². The maximum absolute atomic E-state index is 6.19. The van der Waals surface area contributed by atoms with E-state index in [-0.39, 0.29) is 0 Å². The van der Waals surface area contributed by atoms with Gasteiger partial charge < -0.3 is 5.73 Å². The molecule has 2 rings (SSSR count). The van der Waals surface area contributed by atoms with E-state index in [0.717, 1.165) is 10.6 Å². The van der Waals surface area contributed by atoms with Crippen molar-refractivity contribution in [1.82, 2.24) is 0 Å². The molecule has 1 nitrogen and oxygen atoms in total. The van der Waals surface area contributed by atoms with Crippen LogP contribution in [0.4, 0.5) is 0 Å². The van der Waals surface area contributed by atoms with Gasteiger partial charge in [0.05, 0.1) is 0 Å². The third kappa shape index (κ3) is 2.23. The normalized spacial score (nSPS) is 10.6. The molecule has 0 amide bonds. The lowest BCUT2D eigenvalue weighted by Crippen LogP contribution is -1.91. The van der Waals surface area contributed by atoms with E-state index in [4.69, 9.17) is 17.3 Å². The van der Waals surface area contributed by atoms with Crippen LogP contribution in [-0.2, 0) is 6.54 Å². The summed E-state index contributed by atoms with van der Waals surface area (Å²) < 4.78 is 0. The highest BCUT2D eigenvalue weighted by atomic mass is 35.5. The van der Waals surface area contributed by atoms with Crippen LogP contribution in [0.25, 0.3) is 10.4 Å². The molecule has 2 aromatic rings. The first-order valence-corrected chi connectivity index (χ1v) is 5.95. The van der Waals surface area contributed by atoms with Gasteiger partial charge >= 0.3 is 0 Å². The van der Waals surface area contributed by atoms with Crippen molar-refractivity contribution in [2.45, 2.75) is 13.5 Å². The van der Waals surface area contributed by atoms with Gasteiger partial charge in [-0.25, -0.2) is 0 Å². The monoisotopic (exact) mass is 237 g/mol. The Labute approximate surface area is 98.5 Å². The van der Waals surface area contributed by atoms with Crippen LogP contribution in [-0.4, -0.2) is 0 Å². The smallest absolute Gasteiger partial charge is 0.0495 e. The van der Waals surface area contributed by atoms with Crippen molar-refractivity contribution in [2.75, 3.05) is 0 Å². The van der Waals surface area contributed by atoms with Gasteiger partial charge in [-0.05, 0) is 30.7 Å². The quantitative estimate of drug-likeness (QED) is 0.844. The number of thiophene rings is 1. The van der Waals surface area contributed by atoms with Gasteiger partial charge in [-0.3, -0.25) is 0 Å². The summed E-state index contributed by atoms with van der Waals surface area (Å²) in [5.41, 5.74) is 7.85. The highest BCUT2D eigenvalue weighted by molar-refractivity contribution is 7.15. The summed E-state index contributed by atoms with van der Waals surface area (Å²) in [5, 5.41) is 0.806. The lowest BCUT2D eigenvalue weighted by atomic mass is 10.1. The van der Waals surface area contributed by atoms with Crippen LogP contribution in [0.1, 0.15) is 10.4 Å². The topological polar surface area (TPSA) is 26.0 Å². The summed E-state index contributed by atoms with van der Waals surface area (Å²) in [4.78, 5) is 2.36. The summed E-state index contributed by atoms with van der Waals surface area (Å²) >= 11 is 7.89. The van der Waals surface area contributed by atoms with Crippen molar-refractivity contribution >= 4 is 22.9 Å². The SMILES string of the molecule is Cc1ccc(-c2ccc(CN)s2)c(Cl)c1. The van der Waals surface area contributed by atoms with Crippen LogP contribution in [0.2, 0.25) is 5.02 Å². The van der Waals surface area contributed by atoms with Crippen molar-refractivity contribution in [3.05, 3.63) is 45.8 Å². The molecule has 1 aromatic heterocycles. The van der Waals surface area contributed by atoms with Crippen LogP contribution in [0.5, 0.6) is 0 Å². The second-order valence-corrected chi connectivity index (χ2v) is 5.03. The van der Waals surface area contributed by atoms with E-state index in [1.807, 2.05) is 13.0 Å². The molecule has 0 aliphatic carbocycles. The molecular weight excluding hydrogens is 226 g/mol. The number of hydrogen-bond donors (Lipinski definition) is 1. The van der Waals surface area contributed by atoms with E-state index in [2.05, 4.69) is 24.3 Å². The fourth-order valence-corrected chi connectivity index (χ4v) is 2.77. The molecule has 3 heteroatoms. The molecular formula is C12H12ClNS. The molecule has 0 bridgehead atoms. The number of aryl methyl sites for hydroxylation is 1. The van der Waals surface area contributed by atoms with Crippen molar-refractivity contribution in [3.8, 4) is 10.4 Å². The Kier molecular flexibility index (Phi) is 3.10. The van der Waals surface area contributed by atoms with E-state index < -0.39 is 0 Å². The Balaban J connectivity index is 2.44. The van der Waals surface area contributed by atoms with Gasteiger partial charge in [0.2, 0.25) is 0 Å². The molecule has 0 aliphatic rings. The summed E-state index contributed by atoms with van der Waals surface area (Å²) in [6, 6.07) is 10.2. The third-order valence-electron chi connectivity index (χ3n) is 2.25. The molecule has 15 heavy (non-hydrogen) atoms. The summed E-state index contributed by atoms with van der Waals surface area (Å²) in [6.07, 6.45) is 0. The third-order valence-corrected chi connectivity index (χ3v) is 3.71. The van der Waals surface area contributed by atoms with E-state index in [9.17, 15) is 0 Å². The van der Waals surface area contributed by atoms with Gasteiger partial charge in [-0.1, -0.05) is 23.7 Å². The van der Waals surface area contributed by atoms with Crippen LogP contribution in [0.3, 0.4) is 0 Å². The lowest BCUT2D eigenvalue weighted by molar-refractivity contribution is 1.11. The Morgan fingerprint density at radius 1 is 1.27 bits per heavy atom. The van der Waals surface area contributed by atoms with Crippen molar-refractivity contribution in [1.29, 1.82) is 0 Å². The molecule has 0 saturated carbocycles. The number of halogens is 1. The number of hydrogen-bond acceptors (Lipinski definition) is 2. The molecule has 1 heterocycles. The first-order chi connectivity index (χ1) is 7.20. The molecule has 0 spiro atoms. The molecule has 0 saturated heterocycles. The fraction of sp³-hybridized carbons (Fsp3) is 0.167. The fourth-order valence-electron chi connectivity index (χ4n) is 1.45. The van der Waals surface area contributed by atoms with Gasteiger partial charge in [-0.2, -0.15) is 0 Å². The zero-order valence-corrected chi connectivity index (χ0v) is 10.0. The highest BCUT2D eigenvalue weighted by Crippen LogP contribution is 2.33. The first kappa shape index (κ1) is 10.7. The maximum Gasteiger partial charge on any atom is 0.0495 e. The largest absolute Gasteiger partial charge is 0.326 e. The summed E-state index contributed by atoms with van der Waals surface area (Å²) in [7, 11) is 0. The van der Waals surface area contributed by atoms with E-state index in [1.54, 1.807) is 11.3 Å². The number of nitrogens with two attached hydrogens (primary N) is 1. The number of rotatable bonds is 2. The first-order valence-electron chi connectivity index (χ1n) is 4.76. The predicted octanol–water partition coefficient (Wildman–Crippen LogP) is 3.84. The Hall–Kier alpha value is -0.830. The molecule has 0 unspecified atom stereocenters. The lowest BCUT2D eigenvalue weighted by Gasteiger charge is -2.02. The van der Waals surface area contributed by atoms with Crippen molar-refractivity contribution < 1.29 is 0 Å². The zero-order chi connectivity index (χ0) is 10.8. The van der Waals surface area contributed by atoms with E-state index in [1.165, 1.54) is 15.3 Å². The molecule has 78 valence electrons. The molecule has 0 atom stereocenters. The van der Waals surface area contributed by atoms with Gasteiger partial charge in [0.25, 0.3) is 0 Å². The Morgan fingerprint density at radius 3 is 2.67 bits per heavy atom. The van der Waals surface area contributed by atoms with Gasteiger partial charge in [0.1, 0.15) is 0 Å². The second-order valence-electron chi connectivity index (χ2n) is 3.45. The second kappa shape index (κ2) is 4.35. The molecule has 2 N–H and O–H groups in total. The van der Waals surface area contributed by atoms with Crippen LogP contribution in [0.15, 0.2) is 30.3 Å². The van der Waals surface area contributed by atoms with E-state index in [0.29, 0.717) is 6.54 Å². The van der Waals surface area contributed by atoms with Crippen molar-refractivity contribution in [2.24, 2.45) is 5.73 Å². The summed E-state index contributed by atoms with van der Waals surface area (Å²) in [5.74, 6) is 0. The molecule has 0 radical (unpaired) electrons. The van der Waals surface area contributed by atoms with Crippen LogP contribution in [0, 0.1) is 6.92 Å².